The number of nitrogens with one attached hydrogen (secondary N) is 1. The molecule has 1 aromatic carbocycles. The zero-order valence-electron chi connectivity index (χ0n) is 13.9. The van der Waals surface area contributed by atoms with Crippen LogP contribution in [-0.4, -0.2) is 22.0 Å². The standard InChI is InChI=1S/C19H24BrN3O/c1-14(20)13-23-17-8-5-4-7-16(17)22-18(23)9-3-2-6-12-21-19(24)15-10-11-15/h4-5,7-8,15H,1-3,6,9-13H2,(H,21,24). The number of rotatable bonds is 9. The molecule has 0 radical (unpaired) electrons. The first-order valence-electron chi connectivity index (χ1n) is 8.70. The van der Waals surface area contributed by atoms with Gasteiger partial charge in [0.25, 0.3) is 0 Å². The molecule has 24 heavy (non-hydrogen) atoms. The fourth-order valence-electron chi connectivity index (χ4n) is 2.95. The minimum absolute atomic E-state index is 0.243. The molecule has 1 aliphatic rings. The number of amides is 1. The second kappa shape index (κ2) is 7.97. The highest BCUT2D eigenvalue weighted by Gasteiger charge is 2.28. The molecule has 3 rings (SSSR count). The van der Waals surface area contributed by atoms with Crippen LogP contribution in [0.5, 0.6) is 0 Å². The molecule has 0 unspecified atom stereocenters. The maximum absolute atomic E-state index is 11.6. The number of unbranched alkanes of at least 4 members (excludes halogenated alkanes) is 2. The van der Waals surface area contributed by atoms with E-state index in [0.717, 1.165) is 73.0 Å². The van der Waals surface area contributed by atoms with Gasteiger partial charge in [-0.1, -0.05) is 41.1 Å². The molecule has 1 aliphatic carbocycles. The van der Waals surface area contributed by atoms with Crippen LogP contribution in [0.15, 0.2) is 35.3 Å². The minimum atomic E-state index is 0.243. The van der Waals surface area contributed by atoms with Crippen molar-refractivity contribution in [2.75, 3.05) is 6.54 Å². The number of aryl methyl sites for hydroxylation is 1. The summed E-state index contributed by atoms with van der Waals surface area (Å²) in [5.74, 6) is 1.66. The molecule has 0 aliphatic heterocycles. The second-order valence-corrected chi connectivity index (χ2v) is 7.62. The molecule has 1 N–H and O–H groups in total. The Hall–Kier alpha value is -1.62. The Balaban J connectivity index is 1.50. The highest BCUT2D eigenvalue weighted by Crippen LogP contribution is 2.28. The van der Waals surface area contributed by atoms with E-state index in [2.05, 4.69) is 44.5 Å². The number of aromatic nitrogens is 2. The summed E-state index contributed by atoms with van der Waals surface area (Å²) in [6, 6.07) is 8.23. The van der Waals surface area contributed by atoms with E-state index in [0.29, 0.717) is 5.92 Å². The van der Waals surface area contributed by atoms with Crippen LogP contribution in [0.4, 0.5) is 0 Å². The maximum Gasteiger partial charge on any atom is 0.223 e. The van der Waals surface area contributed by atoms with Crippen molar-refractivity contribution in [3.63, 3.8) is 0 Å². The summed E-state index contributed by atoms with van der Waals surface area (Å²) in [7, 11) is 0. The molecular weight excluding hydrogens is 366 g/mol. The normalized spacial score (nSPS) is 14.0. The summed E-state index contributed by atoms with van der Waals surface area (Å²) in [5, 5.41) is 3.02. The fourth-order valence-corrected chi connectivity index (χ4v) is 3.20. The van der Waals surface area contributed by atoms with Gasteiger partial charge in [-0.3, -0.25) is 4.79 Å². The smallest absolute Gasteiger partial charge is 0.223 e. The van der Waals surface area contributed by atoms with Gasteiger partial charge in [0.05, 0.1) is 17.6 Å². The Kier molecular flexibility index (Phi) is 5.72. The third kappa shape index (κ3) is 4.47. The lowest BCUT2D eigenvalue weighted by Gasteiger charge is -2.08. The van der Waals surface area contributed by atoms with Crippen LogP contribution in [0.2, 0.25) is 0 Å². The molecule has 0 atom stereocenters. The fraction of sp³-hybridized carbons (Fsp3) is 0.474. The largest absolute Gasteiger partial charge is 0.356 e. The summed E-state index contributed by atoms with van der Waals surface area (Å²) in [6.45, 7) is 5.50. The third-order valence-corrected chi connectivity index (χ3v) is 4.64. The number of halogens is 1. The molecule has 1 aromatic heterocycles. The van der Waals surface area contributed by atoms with E-state index in [1.165, 1.54) is 0 Å². The quantitative estimate of drug-likeness (QED) is 0.653. The number of benzene rings is 1. The van der Waals surface area contributed by atoms with Crippen molar-refractivity contribution in [1.29, 1.82) is 0 Å². The number of nitrogens with zero attached hydrogens (tertiary/aromatic N) is 2. The van der Waals surface area contributed by atoms with Crippen molar-refractivity contribution in [3.05, 3.63) is 41.2 Å². The molecule has 5 heteroatoms. The molecule has 4 nitrogen and oxygen atoms in total. The van der Waals surface area contributed by atoms with E-state index in [-0.39, 0.29) is 5.91 Å². The van der Waals surface area contributed by atoms with Crippen LogP contribution in [0.1, 0.15) is 37.9 Å². The topological polar surface area (TPSA) is 46.9 Å². The van der Waals surface area contributed by atoms with Gasteiger partial charge in [-0.05, 0) is 37.8 Å². The lowest BCUT2D eigenvalue weighted by atomic mass is 10.2. The lowest BCUT2D eigenvalue weighted by Crippen LogP contribution is -2.25. The first-order chi connectivity index (χ1) is 11.6. The Labute approximate surface area is 151 Å². The van der Waals surface area contributed by atoms with Crippen LogP contribution in [0, 0.1) is 5.92 Å². The molecule has 1 amide bonds. The highest BCUT2D eigenvalue weighted by molar-refractivity contribution is 9.11. The zero-order chi connectivity index (χ0) is 16.9. The number of imidazole rings is 1. The number of para-hydroxylation sites is 2. The van der Waals surface area contributed by atoms with E-state index >= 15 is 0 Å². The van der Waals surface area contributed by atoms with Crippen molar-refractivity contribution in [2.45, 2.75) is 45.1 Å². The third-order valence-electron chi connectivity index (χ3n) is 4.39. The van der Waals surface area contributed by atoms with E-state index in [1.807, 2.05) is 12.1 Å². The molecule has 1 fully saturated rings. The van der Waals surface area contributed by atoms with Crippen LogP contribution in [0.25, 0.3) is 11.0 Å². The van der Waals surface area contributed by atoms with E-state index < -0.39 is 0 Å². The SMILES string of the molecule is C=C(Br)Cn1c(CCCCCNC(=O)C2CC2)nc2ccccc21. The highest BCUT2D eigenvalue weighted by atomic mass is 79.9. The van der Waals surface area contributed by atoms with Crippen molar-refractivity contribution >= 4 is 32.9 Å². The summed E-state index contributed by atoms with van der Waals surface area (Å²) in [6.07, 6.45) is 6.30. The lowest BCUT2D eigenvalue weighted by molar-refractivity contribution is -0.122. The Morgan fingerprint density at radius 2 is 2.08 bits per heavy atom. The monoisotopic (exact) mass is 389 g/mol. The summed E-state index contributed by atoms with van der Waals surface area (Å²) < 4.78 is 3.19. The number of carbonyl (C=O) groups is 1. The van der Waals surface area contributed by atoms with Gasteiger partial charge in [0, 0.05) is 23.4 Å². The van der Waals surface area contributed by atoms with Crippen molar-refractivity contribution < 1.29 is 4.79 Å². The zero-order valence-corrected chi connectivity index (χ0v) is 15.5. The van der Waals surface area contributed by atoms with Crippen molar-refractivity contribution in [2.24, 2.45) is 5.92 Å². The number of hydrogen-bond donors (Lipinski definition) is 1. The summed E-state index contributed by atoms with van der Waals surface area (Å²) in [5.41, 5.74) is 2.20. The van der Waals surface area contributed by atoms with Crippen LogP contribution >= 0.6 is 15.9 Å². The number of carbonyl (C=O) groups excluding carboxylic acids is 1. The molecule has 1 heterocycles. The number of hydrogen-bond acceptors (Lipinski definition) is 2. The van der Waals surface area contributed by atoms with Gasteiger partial charge in [-0.2, -0.15) is 0 Å². The van der Waals surface area contributed by atoms with Gasteiger partial charge in [-0.15, -0.1) is 0 Å². The Morgan fingerprint density at radius 1 is 1.29 bits per heavy atom. The van der Waals surface area contributed by atoms with Crippen LogP contribution in [-0.2, 0) is 17.8 Å². The average Bonchev–Trinajstić information content (AvgIpc) is 3.35. The molecule has 1 saturated carbocycles. The molecule has 0 saturated heterocycles. The predicted molar refractivity (Wildman–Crippen MR) is 101 cm³/mol. The number of allylic oxidation sites excluding steroid dienone is 1. The summed E-state index contributed by atoms with van der Waals surface area (Å²) >= 11 is 3.47. The summed E-state index contributed by atoms with van der Waals surface area (Å²) in [4.78, 5) is 16.3. The average molecular weight is 390 g/mol. The van der Waals surface area contributed by atoms with E-state index in [9.17, 15) is 4.79 Å². The van der Waals surface area contributed by atoms with Crippen LogP contribution < -0.4 is 5.32 Å². The number of fused-ring (bicyclic) bond motifs is 1. The van der Waals surface area contributed by atoms with Gasteiger partial charge in [-0.25, -0.2) is 4.98 Å². The second-order valence-electron chi connectivity index (χ2n) is 6.50. The van der Waals surface area contributed by atoms with Gasteiger partial charge in [0.2, 0.25) is 5.91 Å². The molecule has 2 aromatic rings. The first kappa shape index (κ1) is 17.2. The van der Waals surface area contributed by atoms with Gasteiger partial charge in [0.15, 0.2) is 0 Å². The maximum atomic E-state index is 11.6. The molecule has 128 valence electrons. The first-order valence-corrected chi connectivity index (χ1v) is 9.49. The molecule has 0 spiro atoms. The molecule has 0 bridgehead atoms. The van der Waals surface area contributed by atoms with E-state index in [4.69, 9.17) is 4.98 Å². The van der Waals surface area contributed by atoms with Crippen LogP contribution in [0.3, 0.4) is 0 Å². The Bertz CT molecular complexity index is 733. The Morgan fingerprint density at radius 3 is 2.83 bits per heavy atom. The van der Waals surface area contributed by atoms with Gasteiger partial charge < -0.3 is 9.88 Å². The molecular formula is C19H24BrN3O. The predicted octanol–water partition coefficient (Wildman–Crippen LogP) is 4.18. The van der Waals surface area contributed by atoms with Gasteiger partial charge in [0.1, 0.15) is 5.82 Å². The van der Waals surface area contributed by atoms with Gasteiger partial charge >= 0.3 is 0 Å². The van der Waals surface area contributed by atoms with Crippen molar-refractivity contribution in [1.82, 2.24) is 14.9 Å². The minimum Gasteiger partial charge on any atom is -0.356 e. The van der Waals surface area contributed by atoms with Crippen molar-refractivity contribution in [3.8, 4) is 0 Å². The van der Waals surface area contributed by atoms with E-state index in [1.54, 1.807) is 0 Å².